The predicted octanol–water partition coefficient (Wildman–Crippen LogP) is 10.3. The molecule has 7 saturated carbocycles. The van der Waals surface area contributed by atoms with Gasteiger partial charge in [-0.05, 0) is 144 Å². The Morgan fingerprint density at radius 3 is 1.63 bits per heavy atom. The first kappa shape index (κ1) is 26.6. The second-order valence-electron chi connectivity index (χ2n) is 15.9. The van der Waals surface area contributed by atoms with Gasteiger partial charge in [0, 0.05) is 18.1 Å². The van der Waals surface area contributed by atoms with E-state index in [2.05, 4.69) is 17.9 Å². The van der Waals surface area contributed by atoms with Gasteiger partial charge in [-0.15, -0.1) is 0 Å². The Balaban J connectivity index is 1.01. The van der Waals surface area contributed by atoms with E-state index in [1.54, 1.807) is 51.4 Å². The molecule has 0 bridgehead atoms. The van der Waals surface area contributed by atoms with Gasteiger partial charge in [0.25, 0.3) is 0 Å². The number of hydrogen-bond donors (Lipinski definition) is 0. The average Bonchev–Trinajstić information content (AvgIpc) is 2.98. The van der Waals surface area contributed by atoms with Gasteiger partial charge in [-0.2, -0.15) is 0 Å². The average molecular weight is 520 g/mol. The third-order valence-electron chi connectivity index (χ3n) is 14.2. The molecule has 0 aliphatic heterocycles. The molecule has 0 heterocycles. The number of hydrogen-bond acceptors (Lipinski definition) is 1. The second-order valence-corrected chi connectivity index (χ2v) is 15.9. The summed E-state index contributed by atoms with van der Waals surface area (Å²) >= 11 is 0. The molecule has 1 heteroatoms. The molecule has 214 valence electrons. The molecule has 7 fully saturated rings. The van der Waals surface area contributed by atoms with Gasteiger partial charge in [0.15, 0.2) is 0 Å². The molecule has 0 N–H and O–H groups in total. The lowest BCUT2D eigenvalue weighted by Crippen LogP contribution is -2.52. The van der Waals surface area contributed by atoms with Crippen molar-refractivity contribution in [2.75, 3.05) is 0 Å². The molecule has 7 aliphatic carbocycles. The molecule has 0 aromatic heterocycles. The lowest BCUT2D eigenvalue weighted by Gasteiger charge is -2.59. The zero-order chi connectivity index (χ0) is 25.5. The molecule has 0 aromatic carbocycles. The highest BCUT2D eigenvalue weighted by molar-refractivity contribution is 5.12. The van der Waals surface area contributed by atoms with Gasteiger partial charge in [-0.1, -0.05) is 69.4 Å². The summed E-state index contributed by atoms with van der Waals surface area (Å²) < 4.78 is 0. The molecule has 7 atom stereocenters. The van der Waals surface area contributed by atoms with Crippen molar-refractivity contribution in [1.29, 1.82) is 0 Å². The maximum Gasteiger partial charge on any atom is 0.0102 e. The van der Waals surface area contributed by atoms with Crippen molar-refractivity contribution in [3.05, 3.63) is 11.6 Å². The highest BCUT2D eigenvalue weighted by Crippen LogP contribution is 2.61. The third kappa shape index (κ3) is 5.23. The summed E-state index contributed by atoms with van der Waals surface area (Å²) in [6.07, 6.45) is 38.0. The first-order valence-electron chi connectivity index (χ1n) is 18.2. The largest absolute Gasteiger partial charge is 0.294 e. The maximum absolute atomic E-state index is 3.18. The van der Waals surface area contributed by atoms with E-state index in [1.165, 1.54) is 96.3 Å². The Morgan fingerprint density at radius 1 is 0.474 bits per heavy atom. The Morgan fingerprint density at radius 2 is 1.00 bits per heavy atom. The smallest absolute Gasteiger partial charge is 0.0102 e. The molecule has 1 nitrogen and oxygen atoms in total. The van der Waals surface area contributed by atoms with E-state index >= 15 is 0 Å². The Bertz CT molecular complexity index is 770. The first-order valence-corrected chi connectivity index (χ1v) is 18.2. The van der Waals surface area contributed by atoms with Crippen molar-refractivity contribution in [1.82, 2.24) is 4.90 Å². The highest BCUT2D eigenvalue weighted by Gasteiger charge is 2.53. The van der Waals surface area contributed by atoms with Crippen LogP contribution in [0.2, 0.25) is 0 Å². The van der Waals surface area contributed by atoms with E-state index < -0.39 is 0 Å². The van der Waals surface area contributed by atoms with Crippen LogP contribution in [0.5, 0.6) is 0 Å². The van der Waals surface area contributed by atoms with Gasteiger partial charge in [0.05, 0.1) is 0 Å². The number of nitrogens with zero attached hydrogens (tertiary/aromatic N) is 1. The topological polar surface area (TPSA) is 3.24 Å². The molecule has 0 spiro atoms. The highest BCUT2D eigenvalue weighted by atomic mass is 15.2. The van der Waals surface area contributed by atoms with Crippen LogP contribution in [-0.4, -0.2) is 23.0 Å². The minimum atomic E-state index is 0.897. The van der Waals surface area contributed by atoms with E-state index in [0.717, 1.165) is 65.5 Å². The van der Waals surface area contributed by atoms with Gasteiger partial charge < -0.3 is 0 Å². The predicted molar refractivity (Wildman–Crippen MR) is 161 cm³/mol. The van der Waals surface area contributed by atoms with Crippen molar-refractivity contribution in [3.8, 4) is 0 Å². The summed E-state index contributed by atoms with van der Waals surface area (Å²) in [6.45, 7) is 2.58. The van der Waals surface area contributed by atoms with Crippen LogP contribution in [0.1, 0.15) is 155 Å². The van der Waals surface area contributed by atoms with Gasteiger partial charge >= 0.3 is 0 Å². The molecule has 7 aliphatic rings. The summed E-state index contributed by atoms with van der Waals surface area (Å²) in [5.74, 6) is 8.47. The van der Waals surface area contributed by atoms with Crippen LogP contribution < -0.4 is 0 Å². The lowest BCUT2D eigenvalue weighted by atomic mass is 9.46. The molecule has 38 heavy (non-hydrogen) atoms. The molecule has 0 saturated heterocycles. The molecule has 0 aromatic rings. The summed E-state index contributed by atoms with van der Waals surface area (Å²) in [4.78, 5) is 3.18. The summed E-state index contributed by atoms with van der Waals surface area (Å²) in [5, 5.41) is 0. The van der Waals surface area contributed by atoms with Crippen LogP contribution in [0, 0.1) is 47.3 Å². The SMILES string of the molecule is CC(=CC1CCC2CCC3CCCC4CCC1C2C34)C1CCC(N(C2CCCCC2)C2CCCCC2)CC1. The van der Waals surface area contributed by atoms with E-state index in [1.807, 2.05) is 5.57 Å². The van der Waals surface area contributed by atoms with Crippen LogP contribution in [-0.2, 0) is 0 Å². The molecule has 7 unspecified atom stereocenters. The fourth-order valence-corrected chi connectivity index (χ4v) is 12.5. The fraction of sp³-hybridized carbons (Fsp3) is 0.946. The second kappa shape index (κ2) is 11.9. The Kier molecular flexibility index (Phi) is 8.33. The zero-order valence-electron chi connectivity index (χ0n) is 25.1. The van der Waals surface area contributed by atoms with Gasteiger partial charge in [-0.25, -0.2) is 0 Å². The van der Waals surface area contributed by atoms with Crippen molar-refractivity contribution < 1.29 is 0 Å². The van der Waals surface area contributed by atoms with Crippen LogP contribution in [0.3, 0.4) is 0 Å². The van der Waals surface area contributed by atoms with Crippen molar-refractivity contribution >= 4 is 0 Å². The van der Waals surface area contributed by atoms with Gasteiger partial charge in [0.1, 0.15) is 0 Å². The third-order valence-corrected chi connectivity index (χ3v) is 14.2. The molecular formula is C37H61N. The Labute approximate surface area is 236 Å². The zero-order valence-corrected chi connectivity index (χ0v) is 25.1. The van der Waals surface area contributed by atoms with Crippen molar-refractivity contribution in [2.24, 2.45) is 47.3 Å². The number of allylic oxidation sites excluding steroid dienone is 2. The Hall–Kier alpha value is -0.300. The normalized spacial score (nSPS) is 45.1. The summed E-state index contributed by atoms with van der Waals surface area (Å²) in [6, 6.07) is 2.75. The molecule has 0 radical (unpaired) electrons. The van der Waals surface area contributed by atoms with E-state index in [4.69, 9.17) is 0 Å². The van der Waals surface area contributed by atoms with Gasteiger partial charge in [-0.3, -0.25) is 4.90 Å². The number of rotatable bonds is 5. The van der Waals surface area contributed by atoms with Crippen molar-refractivity contribution in [2.45, 2.75) is 173 Å². The van der Waals surface area contributed by atoms with Gasteiger partial charge in [0.2, 0.25) is 0 Å². The quantitative estimate of drug-likeness (QED) is 0.326. The minimum absolute atomic E-state index is 0.897. The van der Waals surface area contributed by atoms with E-state index in [0.29, 0.717) is 0 Å². The first-order chi connectivity index (χ1) is 18.8. The molecule has 7 rings (SSSR count). The lowest BCUT2D eigenvalue weighted by molar-refractivity contribution is -0.0890. The standard InChI is InChI=1S/C37H61N/c1-26(25-31-18-17-30-16-15-28-9-8-10-29-21-24-35(31)37(30)36(28)29)27-19-22-34(23-20-27)38(32-11-4-2-5-12-32)33-13-6-3-7-14-33/h25,27-37H,2-24H2,1H3. The van der Waals surface area contributed by atoms with Crippen LogP contribution in [0.25, 0.3) is 0 Å². The molecule has 0 amide bonds. The maximum atomic E-state index is 3.18. The minimum Gasteiger partial charge on any atom is -0.294 e. The summed E-state index contributed by atoms with van der Waals surface area (Å²) in [5.41, 5.74) is 1.83. The summed E-state index contributed by atoms with van der Waals surface area (Å²) in [7, 11) is 0. The monoisotopic (exact) mass is 519 g/mol. The molecular weight excluding hydrogens is 458 g/mol. The van der Waals surface area contributed by atoms with Crippen LogP contribution in [0.4, 0.5) is 0 Å². The van der Waals surface area contributed by atoms with Crippen LogP contribution in [0.15, 0.2) is 11.6 Å². The van der Waals surface area contributed by atoms with E-state index in [9.17, 15) is 0 Å². The fourth-order valence-electron chi connectivity index (χ4n) is 12.5. The van der Waals surface area contributed by atoms with Crippen LogP contribution >= 0.6 is 0 Å². The van der Waals surface area contributed by atoms with E-state index in [-0.39, 0.29) is 0 Å². The van der Waals surface area contributed by atoms with Crippen molar-refractivity contribution in [3.63, 3.8) is 0 Å².